The van der Waals surface area contributed by atoms with Gasteiger partial charge in [0.1, 0.15) is 0 Å². The molecule has 1 amide bonds. The van der Waals surface area contributed by atoms with Crippen molar-refractivity contribution < 1.29 is 4.79 Å². The molecule has 1 aromatic carbocycles. The Bertz CT molecular complexity index is 584. The number of rotatable bonds is 3. The molecule has 1 aliphatic heterocycles. The first-order valence-corrected chi connectivity index (χ1v) is 6.80. The molecule has 0 spiro atoms. The van der Waals surface area contributed by atoms with Gasteiger partial charge in [-0.1, -0.05) is 12.1 Å². The van der Waals surface area contributed by atoms with Crippen LogP contribution in [0.5, 0.6) is 0 Å². The fourth-order valence-electron chi connectivity index (χ4n) is 2.79. The summed E-state index contributed by atoms with van der Waals surface area (Å²) in [5, 5.41) is 4.51. The van der Waals surface area contributed by atoms with Gasteiger partial charge in [-0.15, -0.1) is 0 Å². The molecule has 100 valence electrons. The lowest BCUT2D eigenvalue weighted by Gasteiger charge is -2.21. The number of hydrogen-bond acceptors (Lipinski definition) is 2. The number of amides is 1. The van der Waals surface area contributed by atoms with E-state index in [4.69, 9.17) is 0 Å². The van der Waals surface area contributed by atoms with Crippen molar-refractivity contribution in [2.24, 2.45) is 0 Å². The predicted octanol–water partition coefficient (Wildman–Crippen LogP) is 1.99. The molecular weight excluding hydrogens is 238 g/mol. The molecule has 1 aromatic heterocycles. The summed E-state index contributed by atoms with van der Waals surface area (Å²) in [6.07, 6.45) is 4.24. The van der Waals surface area contributed by atoms with Crippen molar-refractivity contribution in [1.29, 1.82) is 0 Å². The largest absolute Gasteiger partial charge is 0.361 e. The molecule has 0 bridgehead atoms. The van der Waals surface area contributed by atoms with E-state index < -0.39 is 0 Å². The Morgan fingerprint density at radius 3 is 3.11 bits per heavy atom. The van der Waals surface area contributed by atoms with E-state index in [0.29, 0.717) is 6.04 Å². The SMILES string of the molecule is CN(CC1CCCN1)C(=O)c1cccc2cc[nH]c12. The molecule has 2 aromatic rings. The second-order valence-corrected chi connectivity index (χ2v) is 5.23. The molecule has 0 saturated carbocycles. The van der Waals surface area contributed by atoms with Gasteiger partial charge in [0.2, 0.25) is 0 Å². The topological polar surface area (TPSA) is 48.1 Å². The van der Waals surface area contributed by atoms with Crippen LogP contribution in [-0.2, 0) is 0 Å². The number of carbonyl (C=O) groups excluding carboxylic acids is 1. The first-order valence-electron chi connectivity index (χ1n) is 6.80. The van der Waals surface area contributed by atoms with Crippen molar-refractivity contribution in [2.45, 2.75) is 18.9 Å². The lowest BCUT2D eigenvalue weighted by molar-refractivity contribution is 0.0785. The number of likely N-dealkylation sites (N-methyl/N-ethyl adjacent to an activating group) is 1. The molecule has 1 atom stereocenters. The van der Waals surface area contributed by atoms with E-state index >= 15 is 0 Å². The Kier molecular flexibility index (Phi) is 3.25. The zero-order valence-electron chi connectivity index (χ0n) is 11.1. The Morgan fingerprint density at radius 2 is 2.32 bits per heavy atom. The van der Waals surface area contributed by atoms with Gasteiger partial charge in [0.25, 0.3) is 5.91 Å². The van der Waals surface area contributed by atoms with Crippen LogP contribution < -0.4 is 5.32 Å². The number of aromatic amines is 1. The Balaban J connectivity index is 1.80. The maximum atomic E-state index is 12.5. The molecule has 1 aliphatic rings. The number of aromatic nitrogens is 1. The second-order valence-electron chi connectivity index (χ2n) is 5.23. The average molecular weight is 257 g/mol. The summed E-state index contributed by atoms with van der Waals surface area (Å²) < 4.78 is 0. The standard InChI is InChI=1S/C15H19N3O/c1-18(10-12-5-3-8-16-12)15(19)13-6-2-4-11-7-9-17-14(11)13/h2,4,6-7,9,12,16-17H,3,5,8,10H2,1H3. The van der Waals surface area contributed by atoms with Crippen LogP contribution in [0.4, 0.5) is 0 Å². The average Bonchev–Trinajstić information content (AvgIpc) is 3.07. The van der Waals surface area contributed by atoms with Crippen LogP contribution in [0.2, 0.25) is 0 Å². The fraction of sp³-hybridized carbons (Fsp3) is 0.400. The number of para-hydroxylation sites is 1. The lowest BCUT2D eigenvalue weighted by Crippen LogP contribution is -2.38. The molecular formula is C15H19N3O. The van der Waals surface area contributed by atoms with Crippen LogP contribution in [0.3, 0.4) is 0 Å². The van der Waals surface area contributed by atoms with Crippen LogP contribution in [0.1, 0.15) is 23.2 Å². The molecule has 1 fully saturated rings. The first kappa shape index (κ1) is 12.2. The number of benzene rings is 1. The van der Waals surface area contributed by atoms with E-state index in [2.05, 4.69) is 10.3 Å². The van der Waals surface area contributed by atoms with Crippen molar-refractivity contribution in [3.63, 3.8) is 0 Å². The van der Waals surface area contributed by atoms with Crippen LogP contribution in [-0.4, -0.2) is 42.0 Å². The third-order valence-corrected chi connectivity index (χ3v) is 3.82. The highest BCUT2D eigenvalue weighted by Crippen LogP contribution is 2.18. The van der Waals surface area contributed by atoms with E-state index in [9.17, 15) is 4.79 Å². The fourth-order valence-corrected chi connectivity index (χ4v) is 2.79. The summed E-state index contributed by atoms with van der Waals surface area (Å²) in [6.45, 7) is 1.84. The normalized spacial score (nSPS) is 18.9. The van der Waals surface area contributed by atoms with Crippen molar-refractivity contribution >= 4 is 16.8 Å². The zero-order chi connectivity index (χ0) is 13.2. The summed E-state index contributed by atoms with van der Waals surface area (Å²) in [5.74, 6) is 0.0850. The molecule has 0 radical (unpaired) electrons. The first-order chi connectivity index (χ1) is 9.25. The van der Waals surface area contributed by atoms with Crippen LogP contribution in [0.15, 0.2) is 30.5 Å². The molecule has 1 saturated heterocycles. The van der Waals surface area contributed by atoms with Gasteiger partial charge in [-0.3, -0.25) is 4.79 Å². The zero-order valence-corrected chi connectivity index (χ0v) is 11.1. The third-order valence-electron chi connectivity index (χ3n) is 3.82. The predicted molar refractivity (Wildman–Crippen MR) is 76.3 cm³/mol. The summed E-state index contributed by atoms with van der Waals surface area (Å²) in [7, 11) is 1.88. The minimum absolute atomic E-state index is 0.0850. The van der Waals surface area contributed by atoms with Crippen LogP contribution >= 0.6 is 0 Å². The minimum Gasteiger partial charge on any atom is -0.361 e. The second kappa shape index (κ2) is 5.05. The maximum Gasteiger partial charge on any atom is 0.255 e. The van der Waals surface area contributed by atoms with E-state index in [1.54, 1.807) is 0 Å². The van der Waals surface area contributed by atoms with Crippen molar-refractivity contribution in [3.05, 3.63) is 36.0 Å². The van der Waals surface area contributed by atoms with Gasteiger partial charge in [0, 0.05) is 31.2 Å². The van der Waals surface area contributed by atoms with Crippen LogP contribution in [0.25, 0.3) is 10.9 Å². The van der Waals surface area contributed by atoms with E-state index in [-0.39, 0.29) is 5.91 Å². The van der Waals surface area contributed by atoms with Gasteiger partial charge < -0.3 is 15.2 Å². The summed E-state index contributed by atoms with van der Waals surface area (Å²) in [6, 6.07) is 8.27. The van der Waals surface area contributed by atoms with E-state index in [1.165, 1.54) is 6.42 Å². The number of hydrogen-bond donors (Lipinski definition) is 2. The molecule has 19 heavy (non-hydrogen) atoms. The molecule has 0 aliphatic carbocycles. The highest BCUT2D eigenvalue weighted by Gasteiger charge is 2.20. The monoisotopic (exact) mass is 257 g/mol. The van der Waals surface area contributed by atoms with E-state index in [0.717, 1.165) is 36.0 Å². The molecule has 4 nitrogen and oxygen atoms in total. The number of H-pyrrole nitrogens is 1. The molecule has 2 N–H and O–H groups in total. The van der Waals surface area contributed by atoms with Gasteiger partial charge in [-0.25, -0.2) is 0 Å². The van der Waals surface area contributed by atoms with Crippen molar-refractivity contribution in [1.82, 2.24) is 15.2 Å². The van der Waals surface area contributed by atoms with Gasteiger partial charge in [-0.2, -0.15) is 0 Å². The number of nitrogens with zero attached hydrogens (tertiary/aromatic N) is 1. The highest BCUT2D eigenvalue weighted by molar-refractivity contribution is 6.05. The number of fused-ring (bicyclic) bond motifs is 1. The summed E-state index contributed by atoms with van der Waals surface area (Å²) in [5.41, 5.74) is 1.68. The van der Waals surface area contributed by atoms with Gasteiger partial charge >= 0.3 is 0 Å². The van der Waals surface area contributed by atoms with Crippen LogP contribution in [0, 0.1) is 0 Å². The van der Waals surface area contributed by atoms with Gasteiger partial charge in [-0.05, 0) is 31.5 Å². The smallest absolute Gasteiger partial charge is 0.255 e. The van der Waals surface area contributed by atoms with Crippen molar-refractivity contribution in [2.75, 3.05) is 20.1 Å². The Morgan fingerprint density at radius 1 is 1.42 bits per heavy atom. The molecule has 3 rings (SSSR count). The lowest BCUT2D eigenvalue weighted by atomic mass is 10.1. The van der Waals surface area contributed by atoms with Crippen molar-refractivity contribution in [3.8, 4) is 0 Å². The quantitative estimate of drug-likeness (QED) is 0.883. The Labute approximate surface area is 112 Å². The summed E-state index contributed by atoms with van der Waals surface area (Å²) >= 11 is 0. The van der Waals surface area contributed by atoms with E-state index in [1.807, 2.05) is 42.4 Å². The number of nitrogens with one attached hydrogen (secondary N) is 2. The molecule has 1 unspecified atom stereocenters. The van der Waals surface area contributed by atoms with Gasteiger partial charge in [0.15, 0.2) is 0 Å². The third kappa shape index (κ3) is 2.36. The van der Waals surface area contributed by atoms with Gasteiger partial charge in [0.05, 0.1) is 11.1 Å². The molecule has 4 heteroatoms. The molecule has 2 heterocycles. The highest BCUT2D eigenvalue weighted by atomic mass is 16.2. The Hall–Kier alpha value is -1.81. The summed E-state index contributed by atoms with van der Waals surface area (Å²) in [4.78, 5) is 17.5. The maximum absolute atomic E-state index is 12.5. The minimum atomic E-state index is 0.0850. The number of carbonyl (C=O) groups is 1.